The van der Waals surface area contributed by atoms with Gasteiger partial charge in [-0.2, -0.15) is 0 Å². The molecule has 31 heavy (non-hydrogen) atoms. The predicted octanol–water partition coefficient (Wildman–Crippen LogP) is 4.30. The minimum absolute atomic E-state index is 0.0135. The van der Waals surface area contributed by atoms with E-state index in [0.29, 0.717) is 12.0 Å². The fourth-order valence-electron chi connectivity index (χ4n) is 5.92. The third-order valence-corrected chi connectivity index (χ3v) is 7.71. The second kappa shape index (κ2) is 8.29. The Morgan fingerprint density at radius 3 is 2.68 bits per heavy atom. The van der Waals surface area contributed by atoms with E-state index < -0.39 is 5.72 Å². The number of amides is 2. The topological polar surface area (TPSA) is 44.8 Å². The Morgan fingerprint density at radius 1 is 1.10 bits per heavy atom. The lowest BCUT2D eigenvalue weighted by Gasteiger charge is -2.52. The van der Waals surface area contributed by atoms with Crippen LogP contribution >= 0.6 is 0 Å². The van der Waals surface area contributed by atoms with E-state index in [-0.39, 0.29) is 12.1 Å². The summed E-state index contributed by atoms with van der Waals surface area (Å²) in [4.78, 5) is 18.3. The Hall–Kier alpha value is -2.37. The van der Waals surface area contributed by atoms with Gasteiger partial charge < -0.3 is 15.0 Å². The predicted molar refractivity (Wildman–Crippen MR) is 122 cm³/mol. The van der Waals surface area contributed by atoms with Crippen molar-refractivity contribution in [2.24, 2.45) is 5.92 Å². The number of rotatable bonds is 3. The molecule has 0 spiro atoms. The van der Waals surface area contributed by atoms with Gasteiger partial charge in [-0.05, 0) is 49.7 Å². The van der Waals surface area contributed by atoms with Gasteiger partial charge in [0.1, 0.15) is 0 Å². The standard InChI is InChI=1S/C26H33N3O2/c1-26(31-2,21-11-4-3-5-12-21)27-25(30)29-15-8-10-20-18-28-16-14-19-9-6-7-13-22(19)24(28)17-23(20)29/h3-7,9,11-13,20,23-24H,8,10,14-18H2,1-2H3,(H,27,30)/t20-,23+,24+,26-/m1/s1. The smallest absolute Gasteiger partial charge is 0.320 e. The Kier molecular flexibility index (Phi) is 5.49. The van der Waals surface area contributed by atoms with Gasteiger partial charge in [0.05, 0.1) is 0 Å². The number of hydrogen-bond acceptors (Lipinski definition) is 3. The van der Waals surface area contributed by atoms with Crippen LogP contribution in [0.4, 0.5) is 4.79 Å². The van der Waals surface area contributed by atoms with Gasteiger partial charge in [0.2, 0.25) is 0 Å². The maximum atomic E-state index is 13.5. The summed E-state index contributed by atoms with van der Waals surface area (Å²) in [6, 6.07) is 19.5. The third-order valence-electron chi connectivity index (χ3n) is 7.71. The van der Waals surface area contributed by atoms with Gasteiger partial charge in [-0.15, -0.1) is 0 Å². The number of fused-ring (bicyclic) bond motifs is 4. The quantitative estimate of drug-likeness (QED) is 0.755. The fourth-order valence-corrected chi connectivity index (χ4v) is 5.92. The first-order chi connectivity index (χ1) is 15.1. The molecular formula is C26H33N3O2. The second-order valence-electron chi connectivity index (χ2n) is 9.39. The Balaban J connectivity index is 1.37. The molecule has 0 aliphatic carbocycles. The van der Waals surface area contributed by atoms with Crippen LogP contribution in [0.1, 0.15) is 48.9 Å². The SMILES string of the molecule is CO[C@@](C)(NC(=O)N1CCC[C@@H]2CN3CCc4ccccc4[C@@H]3C[C@@H]21)c1ccccc1. The molecule has 2 aromatic rings. The maximum absolute atomic E-state index is 13.5. The Bertz CT molecular complexity index is 933. The molecule has 1 N–H and O–H groups in total. The molecule has 3 heterocycles. The van der Waals surface area contributed by atoms with Gasteiger partial charge in [-0.1, -0.05) is 54.6 Å². The fraction of sp³-hybridized carbons (Fsp3) is 0.500. The first kappa shape index (κ1) is 20.5. The normalized spacial score (nSPS) is 27.4. The number of piperidine rings is 2. The molecule has 2 aromatic carbocycles. The highest BCUT2D eigenvalue weighted by molar-refractivity contribution is 5.75. The van der Waals surface area contributed by atoms with Crippen LogP contribution in [0.3, 0.4) is 0 Å². The molecule has 0 aromatic heterocycles. The van der Waals surface area contributed by atoms with Crippen molar-refractivity contribution in [3.63, 3.8) is 0 Å². The monoisotopic (exact) mass is 419 g/mol. The number of nitrogens with one attached hydrogen (secondary N) is 1. The Morgan fingerprint density at radius 2 is 1.87 bits per heavy atom. The summed E-state index contributed by atoms with van der Waals surface area (Å²) in [6.07, 6.45) is 4.43. The summed E-state index contributed by atoms with van der Waals surface area (Å²) in [5.41, 5.74) is 3.05. The van der Waals surface area contributed by atoms with Gasteiger partial charge in [0, 0.05) is 44.4 Å². The number of carbonyl (C=O) groups excluding carboxylic acids is 1. The van der Waals surface area contributed by atoms with Gasteiger partial charge in [0.25, 0.3) is 0 Å². The zero-order valence-corrected chi connectivity index (χ0v) is 18.6. The van der Waals surface area contributed by atoms with Crippen LogP contribution < -0.4 is 5.32 Å². The van der Waals surface area contributed by atoms with Crippen LogP contribution in [0.25, 0.3) is 0 Å². The van der Waals surface area contributed by atoms with Gasteiger partial charge >= 0.3 is 6.03 Å². The average molecular weight is 420 g/mol. The largest absolute Gasteiger partial charge is 0.355 e. The van der Waals surface area contributed by atoms with E-state index in [1.807, 2.05) is 37.3 Å². The number of hydrogen-bond donors (Lipinski definition) is 1. The van der Waals surface area contributed by atoms with Crippen LogP contribution in [0, 0.1) is 5.92 Å². The number of benzene rings is 2. The third kappa shape index (κ3) is 3.74. The highest BCUT2D eigenvalue weighted by Crippen LogP contribution is 2.43. The van der Waals surface area contributed by atoms with E-state index in [0.717, 1.165) is 44.5 Å². The lowest BCUT2D eigenvalue weighted by molar-refractivity contribution is -0.0332. The highest BCUT2D eigenvalue weighted by atomic mass is 16.5. The van der Waals surface area contributed by atoms with Crippen molar-refractivity contribution in [3.8, 4) is 0 Å². The first-order valence-corrected chi connectivity index (χ1v) is 11.6. The average Bonchev–Trinajstić information content (AvgIpc) is 2.82. The summed E-state index contributed by atoms with van der Waals surface area (Å²) in [7, 11) is 1.66. The van der Waals surface area contributed by atoms with Crippen LogP contribution in [0.15, 0.2) is 54.6 Å². The first-order valence-electron chi connectivity index (χ1n) is 11.6. The van der Waals surface area contributed by atoms with Crippen LogP contribution in [0.5, 0.6) is 0 Å². The molecular weight excluding hydrogens is 386 g/mol. The van der Waals surface area contributed by atoms with Crippen molar-refractivity contribution in [2.45, 2.75) is 50.4 Å². The molecule has 0 unspecified atom stereocenters. The lowest BCUT2D eigenvalue weighted by atomic mass is 9.77. The van der Waals surface area contributed by atoms with Crippen LogP contribution in [0.2, 0.25) is 0 Å². The van der Waals surface area contributed by atoms with Crippen LogP contribution in [-0.4, -0.2) is 48.6 Å². The van der Waals surface area contributed by atoms with Gasteiger partial charge in [-0.3, -0.25) is 4.90 Å². The number of methoxy groups -OCH3 is 1. The number of urea groups is 1. The molecule has 3 aliphatic heterocycles. The molecule has 164 valence electrons. The van der Waals surface area contributed by atoms with E-state index in [1.165, 1.54) is 17.5 Å². The van der Waals surface area contributed by atoms with E-state index >= 15 is 0 Å². The molecule has 2 saturated heterocycles. The van der Waals surface area contributed by atoms with Crippen LogP contribution in [-0.2, 0) is 16.9 Å². The number of ether oxygens (including phenoxy) is 1. The maximum Gasteiger partial charge on any atom is 0.320 e. The van der Waals surface area contributed by atoms with Crippen molar-refractivity contribution in [2.75, 3.05) is 26.7 Å². The summed E-state index contributed by atoms with van der Waals surface area (Å²) < 4.78 is 5.79. The molecule has 4 atom stereocenters. The van der Waals surface area contributed by atoms with Crippen molar-refractivity contribution in [1.82, 2.24) is 15.1 Å². The van der Waals surface area contributed by atoms with Crippen molar-refractivity contribution in [3.05, 3.63) is 71.3 Å². The molecule has 5 heteroatoms. The van der Waals surface area contributed by atoms with E-state index in [9.17, 15) is 4.79 Å². The van der Waals surface area contributed by atoms with Gasteiger partial charge in [-0.25, -0.2) is 4.79 Å². The van der Waals surface area contributed by atoms with Gasteiger partial charge in [0.15, 0.2) is 5.72 Å². The second-order valence-corrected chi connectivity index (χ2v) is 9.39. The zero-order valence-electron chi connectivity index (χ0n) is 18.6. The summed E-state index contributed by atoms with van der Waals surface area (Å²) >= 11 is 0. The molecule has 3 aliphatic rings. The molecule has 5 nitrogen and oxygen atoms in total. The van der Waals surface area contributed by atoms with Crippen molar-refractivity contribution >= 4 is 6.03 Å². The number of nitrogens with zero attached hydrogens (tertiary/aromatic N) is 2. The van der Waals surface area contributed by atoms with E-state index in [4.69, 9.17) is 4.74 Å². The van der Waals surface area contributed by atoms with Crippen molar-refractivity contribution in [1.29, 1.82) is 0 Å². The highest BCUT2D eigenvalue weighted by Gasteiger charge is 2.44. The minimum atomic E-state index is -0.844. The zero-order chi connectivity index (χ0) is 21.4. The summed E-state index contributed by atoms with van der Waals surface area (Å²) in [5.74, 6) is 0.548. The Labute approximate surface area is 185 Å². The molecule has 0 radical (unpaired) electrons. The molecule has 2 fully saturated rings. The summed E-state index contributed by atoms with van der Waals surface area (Å²) in [5, 5.41) is 3.20. The molecule has 0 saturated carbocycles. The number of carbonyl (C=O) groups is 1. The van der Waals surface area contributed by atoms with E-state index in [1.54, 1.807) is 7.11 Å². The number of likely N-dealkylation sites (tertiary alicyclic amines) is 1. The van der Waals surface area contributed by atoms with Crippen molar-refractivity contribution < 1.29 is 9.53 Å². The molecule has 2 amide bonds. The minimum Gasteiger partial charge on any atom is -0.355 e. The summed E-state index contributed by atoms with van der Waals surface area (Å²) in [6.45, 7) is 4.97. The molecule has 0 bridgehead atoms. The lowest BCUT2D eigenvalue weighted by Crippen LogP contribution is -2.61. The molecule has 5 rings (SSSR count). The van der Waals surface area contributed by atoms with E-state index in [2.05, 4.69) is 39.4 Å².